The summed E-state index contributed by atoms with van der Waals surface area (Å²) >= 11 is 1.59. The molecule has 0 saturated carbocycles. The van der Waals surface area contributed by atoms with Crippen LogP contribution in [0.2, 0.25) is 0 Å². The van der Waals surface area contributed by atoms with E-state index in [1.807, 2.05) is 11.7 Å². The summed E-state index contributed by atoms with van der Waals surface area (Å²) in [4.78, 5) is 9.53. The van der Waals surface area contributed by atoms with Gasteiger partial charge in [0.25, 0.3) is 0 Å². The van der Waals surface area contributed by atoms with Crippen LogP contribution in [0.5, 0.6) is 0 Å². The van der Waals surface area contributed by atoms with E-state index in [0.29, 0.717) is 0 Å². The largest absolute Gasteiger partial charge is 0.243 e. The fourth-order valence-corrected chi connectivity index (χ4v) is 1.72. The minimum atomic E-state index is 1.04. The van der Waals surface area contributed by atoms with E-state index in [9.17, 15) is 0 Å². The van der Waals surface area contributed by atoms with Crippen LogP contribution in [0.1, 0.15) is 11.1 Å². The number of thiazole rings is 1. The molecule has 3 heteroatoms. The van der Waals surface area contributed by atoms with Gasteiger partial charge in [0.05, 0.1) is 5.51 Å². The number of rotatable bonds is 0. The number of hydrogen-bond acceptors (Lipinski definition) is 3. The standard InChI is InChI=1S/C8H8N2S/c1-5-3-9-8-7(6(5)2)10-4-11-8/h3-4H,1-2H3. The first kappa shape index (κ1) is 6.73. The van der Waals surface area contributed by atoms with Crippen molar-refractivity contribution in [2.24, 2.45) is 0 Å². The SMILES string of the molecule is Cc1cnc2scnc2c1C. The monoisotopic (exact) mass is 164 g/mol. The summed E-state index contributed by atoms with van der Waals surface area (Å²) in [7, 11) is 0. The molecule has 0 atom stereocenters. The molecule has 11 heavy (non-hydrogen) atoms. The van der Waals surface area contributed by atoms with Gasteiger partial charge in [-0.05, 0) is 25.0 Å². The highest BCUT2D eigenvalue weighted by Crippen LogP contribution is 2.20. The number of fused-ring (bicyclic) bond motifs is 1. The highest BCUT2D eigenvalue weighted by molar-refractivity contribution is 7.16. The van der Waals surface area contributed by atoms with Crippen LogP contribution in [0.25, 0.3) is 10.3 Å². The Kier molecular flexibility index (Phi) is 1.39. The Hall–Kier alpha value is -0.960. The minimum absolute atomic E-state index is 1.04. The third kappa shape index (κ3) is 0.922. The molecule has 0 N–H and O–H groups in total. The van der Waals surface area contributed by atoms with E-state index in [4.69, 9.17) is 0 Å². The molecule has 0 bridgehead atoms. The molecule has 0 unspecified atom stereocenters. The zero-order valence-electron chi connectivity index (χ0n) is 6.46. The number of aryl methyl sites for hydroxylation is 2. The van der Waals surface area contributed by atoms with Gasteiger partial charge < -0.3 is 0 Å². The Balaban J connectivity index is 2.93. The van der Waals surface area contributed by atoms with Crippen LogP contribution in [0.15, 0.2) is 11.7 Å². The number of nitrogens with zero attached hydrogens (tertiary/aromatic N) is 2. The molecule has 0 saturated heterocycles. The van der Waals surface area contributed by atoms with Gasteiger partial charge in [-0.2, -0.15) is 0 Å². The summed E-state index contributed by atoms with van der Waals surface area (Å²) in [6, 6.07) is 0. The molecule has 56 valence electrons. The molecule has 2 aromatic heterocycles. The van der Waals surface area contributed by atoms with Crippen molar-refractivity contribution in [2.45, 2.75) is 13.8 Å². The van der Waals surface area contributed by atoms with Gasteiger partial charge in [0.2, 0.25) is 0 Å². The maximum atomic E-state index is 4.26. The summed E-state index contributed by atoms with van der Waals surface area (Å²) in [6.45, 7) is 4.14. The molecule has 2 aromatic rings. The van der Waals surface area contributed by atoms with E-state index in [1.165, 1.54) is 11.1 Å². The zero-order chi connectivity index (χ0) is 7.84. The molecule has 2 nitrogen and oxygen atoms in total. The molecule has 2 heterocycles. The predicted octanol–water partition coefficient (Wildman–Crippen LogP) is 2.31. The quantitative estimate of drug-likeness (QED) is 0.597. The Bertz CT molecular complexity index is 392. The molecule has 0 radical (unpaired) electrons. The zero-order valence-corrected chi connectivity index (χ0v) is 7.27. The van der Waals surface area contributed by atoms with Gasteiger partial charge in [-0.25, -0.2) is 9.97 Å². The van der Waals surface area contributed by atoms with Crippen molar-refractivity contribution < 1.29 is 0 Å². The maximum absolute atomic E-state index is 4.26. The first-order valence-electron chi connectivity index (χ1n) is 3.44. The maximum Gasteiger partial charge on any atom is 0.143 e. The molecule has 0 fully saturated rings. The summed E-state index contributed by atoms with van der Waals surface area (Å²) < 4.78 is 0. The lowest BCUT2D eigenvalue weighted by molar-refractivity contribution is 1.27. The Morgan fingerprint density at radius 2 is 2.09 bits per heavy atom. The summed E-state index contributed by atoms with van der Waals surface area (Å²) in [5.74, 6) is 0. The second kappa shape index (κ2) is 2.27. The van der Waals surface area contributed by atoms with Gasteiger partial charge in [0.1, 0.15) is 10.3 Å². The molecule has 0 spiro atoms. The Morgan fingerprint density at radius 3 is 2.91 bits per heavy atom. The van der Waals surface area contributed by atoms with E-state index in [1.54, 1.807) is 11.3 Å². The lowest BCUT2D eigenvalue weighted by atomic mass is 10.2. The van der Waals surface area contributed by atoms with Crippen molar-refractivity contribution in [3.05, 3.63) is 22.8 Å². The molecule has 0 aliphatic heterocycles. The smallest absolute Gasteiger partial charge is 0.143 e. The van der Waals surface area contributed by atoms with E-state index < -0.39 is 0 Å². The summed E-state index contributed by atoms with van der Waals surface area (Å²) in [5, 5.41) is 0. The van der Waals surface area contributed by atoms with Gasteiger partial charge in [0.15, 0.2) is 0 Å². The fraction of sp³-hybridized carbons (Fsp3) is 0.250. The number of hydrogen-bond donors (Lipinski definition) is 0. The van der Waals surface area contributed by atoms with E-state index in [0.717, 1.165) is 10.3 Å². The van der Waals surface area contributed by atoms with Gasteiger partial charge >= 0.3 is 0 Å². The molecule has 0 aliphatic carbocycles. The van der Waals surface area contributed by atoms with Crippen LogP contribution in [0.3, 0.4) is 0 Å². The first-order valence-corrected chi connectivity index (χ1v) is 4.32. The summed E-state index contributed by atoms with van der Waals surface area (Å²) in [6.07, 6.45) is 1.90. The first-order chi connectivity index (χ1) is 5.29. The van der Waals surface area contributed by atoms with Crippen LogP contribution in [-0.2, 0) is 0 Å². The van der Waals surface area contributed by atoms with Gasteiger partial charge in [-0.15, -0.1) is 11.3 Å². The predicted molar refractivity (Wildman–Crippen MR) is 46.9 cm³/mol. The van der Waals surface area contributed by atoms with Gasteiger partial charge in [-0.1, -0.05) is 0 Å². The lowest BCUT2D eigenvalue weighted by Crippen LogP contribution is -1.84. The topological polar surface area (TPSA) is 25.8 Å². The number of pyridine rings is 1. The third-order valence-electron chi connectivity index (χ3n) is 1.87. The average molecular weight is 164 g/mol. The summed E-state index contributed by atoms with van der Waals surface area (Å²) in [5.41, 5.74) is 5.35. The van der Waals surface area contributed by atoms with Gasteiger partial charge in [-0.3, -0.25) is 0 Å². The van der Waals surface area contributed by atoms with Crippen LogP contribution < -0.4 is 0 Å². The molecule has 2 rings (SSSR count). The van der Waals surface area contributed by atoms with Crippen LogP contribution in [0, 0.1) is 13.8 Å². The highest BCUT2D eigenvalue weighted by atomic mass is 32.1. The normalized spacial score (nSPS) is 10.7. The van der Waals surface area contributed by atoms with Crippen molar-refractivity contribution in [3.63, 3.8) is 0 Å². The second-order valence-corrected chi connectivity index (χ2v) is 3.41. The van der Waals surface area contributed by atoms with Crippen molar-refractivity contribution in [2.75, 3.05) is 0 Å². The fourth-order valence-electron chi connectivity index (χ4n) is 1.03. The Labute approximate surface area is 68.9 Å². The van der Waals surface area contributed by atoms with E-state index in [2.05, 4.69) is 23.8 Å². The average Bonchev–Trinajstić information content (AvgIpc) is 2.45. The van der Waals surface area contributed by atoms with Crippen LogP contribution in [-0.4, -0.2) is 9.97 Å². The van der Waals surface area contributed by atoms with Gasteiger partial charge in [0, 0.05) is 6.20 Å². The minimum Gasteiger partial charge on any atom is -0.243 e. The second-order valence-electron chi connectivity index (χ2n) is 2.57. The molecule has 0 aliphatic rings. The van der Waals surface area contributed by atoms with Crippen molar-refractivity contribution >= 4 is 21.7 Å². The van der Waals surface area contributed by atoms with E-state index >= 15 is 0 Å². The van der Waals surface area contributed by atoms with Crippen LogP contribution >= 0.6 is 11.3 Å². The highest BCUT2D eigenvalue weighted by Gasteiger charge is 2.02. The third-order valence-corrected chi connectivity index (χ3v) is 2.60. The molecule has 0 aromatic carbocycles. The van der Waals surface area contributed by atoms with E-state index in [-0.39, 0.29) is 0 Å². The van der Waals surface area contributed by atoms with Crippen LogP contribution in [0.4, 0.5) is 0 Å². The van der Waals surface area contributed by atoms with Crippen molar-refractivity contribution in [1.82, 2.24) is 9.97 Å². The van der Waals surface area contributed by atoms with Crippen molar-refractivity contribution in [3.8, 4) is 0 Å². The van der Waals surface area contributed by atoms with Crippen molar-refractivity contribution in [1.29, 1.82) is 0 Å². The lowest BCUT2D eigenvalue weighted by Gasteiger charge is -1.97. The molecule has 0 amide bonds. The molecular formula is C8H8N2S. The number of aromatic nitrogens is 2. The Morgan fingerprint density at radius 1 is 1.27 bits per heavy atom. The molecular weight excluding hydrogens is 156 g/mol.